The number of halogens is 2. The van der Waals surface area contributed by atoms with E-state index in [2.05, 4.69) is 15.9 Å². The van der Waals surface area contributed by atoms with Gasteiger partial charge in [0.1, 0.15) is 5.82 Å². The summed E-state index contributed by atoms with van der Waals surface area (Å²) in [5.74, 6) is -0.559. The van der Waals surface area contributed by atoms with Crippen molar-refractivity contribution < 1.29 is 12.8 Å². The molecule has 0 saturated carbocycles. The van der Waals surface area contributed by atoms with E-state index in [0.29, 0.717) is 5.56 Å². The molecule has 0 fully saturated rings. The molecule has 0 aromatic heterocycles. The van der Waals surface area contributed by atoms with Crippen LogP contribution in [0.5, 0.6) is 0 Å². The first-order chi connectivity index (χ1) is 8.41. The number of sulfone groups is 1. The highest BCUT2D eigenvalue weighted by molar-refractivity contribution is 9.10. The molecule has 18 heavy (non-hydrogen) atoms. The smallest absolute Gasteiger partial charge is 0.206 e. The zero-order chi connectivity index (χ0) is 13.3. The van der Waals surface area contributed by atoms with Gasteiger partial charge in [-0.1, -0.05) is 22.0 Å². The molecule has 0 heterocycles. The zero-order valence-electron chi connectivity index (χ0n) is 9.52. The predicted molar refractivity (Wildman–Crippen MR) is 70.7 cm³/mol. The third-order valence-electron chi connectivity index (χ3n) is 2.56. The highest BCUT2D eigenvalue weighted by Gasteiger charge is 2.20. The van der Waals surface area contributed by atoms with E-state index in [0.717, 1.165) is 10.5 Å². The monoisotopic (exact) mass is 328 g/mol. The van der Waals surface area contributed by atoms with E-state index in [-0.39, 0.29) is 9.79 Å². The van der Waals surface area contributed by atoms with Crippen molar-refractivity contribution in [1.82, 2.24) is 0 Å². The van der Waals surface area contributed by atoms with Gasteiger partial charge in [-0.05, 0) is 48.9 Å². The van der Waals surface area contributed by atoms with Crippen LogP contribution in [-0.4, -0.2) is 8.42 Å². The van der Waals surface area contributed by atoms with Gasteiger partial charge in [0.15, 0.2) is 0 Å². The molecule has 0 aliphatic carbocycles. The van der Waals surface area contributed by atoms with Gasteiger partial charge in [-0.2, -0.15) is 0 Å². The molecule has 94 valence electrons. The molecule has 0 N–H and O–H groups in total. The summed E-state index contributed by atoms with van der Waals surface area (Å²) >= 11 is 3.24. The first kappa shape index (κ1) is 13.2. The van der Waals surface area contributed by atoms with Gasteiger partial charge < -0.3 is 0 Å². The number of rotatable bonds is 2. The van der Waals surface area contributed by atoms with E-state index in [1.165, 1.54) is 24.3 Å². The molecule has 2 aromatic rings. The van der Waals surface area contributed by atoms with Crippen LogP contribution in [0, 0.1) is 12.7 Å². The first-order valence-electron chi connectivity index (χ1n) is 5.18. The van der Waals surface area contributed by atoms with E-state index in [1.54, 1.807) is 19.1 Å². The Morgan fingerprint density at radius 2 is 1.67 bits per heavy atom. The van der Waals surface area contributed by atoms with Crippen LogP contribution in [0.15, 0.2) is 56.7 Å². The molecule has 0 atom stereocenters. The Bertz CT molecular complexity index is 679. The summed E-state index contributed by atoms with van der Waals surface area (Å²) < 4.78 is 38.6. The van der Waals surface area contributed by atoms with Gasteiger partial charge in [0.2, 0.25) is 9.84 Å². The molecule has 5 heteroatoms. The van der Waals surface area contributed by atoms with Gasteiger partial charge in [0.05, 0.1) is 9.79 Å². The second-order valence-electron chi connectivity index (χ2n) is 3.87. The molecule has 0 unspecified atom stereocenters. The summed E-state index contributed by atoms with van der Waals surface area (Å²) in [5.41, 5.74) is 0.527. The third kappa shape index (κ3) is 2.47. The van der Waals surface area contributed by atoms with Crippen molar-refractivity contribution >= 4 is 25.8 Å². The van der Waals surface area contributed by atoms with Gasteiger partial charge in [0, 0.05) is 4.47 Å². The lowest BCUT2D eigenvalue weighted by atomic mass is 10.2. The van der Waals surface area contributed by atoms with E-state index in [1.807, 2.05) is 0 Å². The molecular weight excluding hydrogens is 319 g/mol. The lowest BCUT2D eigenvalue weighted by Gasteiger charge is -2.08. The highest BCUT2D eigenvalue weighted by atomic mass is 79.9. The summed E-state index contributed by atoms with van der Waals surface area (Å²) in [6, 6.07) is 10.0. The Morgan fingerprint density at radius 3 is 2.28 bits per heavy atom. The molecule has 0 aliphatic rings. The quantitative estimate of drug-likeness (QED) is 0.841. The standard InChI is InChI=1S/C13H10BrFO2S/c1-9-2-5-11(15)8-13(9)18(16,17)12-6-3-10(14)4-7-12/h2-8H,1H3. The van der Waals surface area contributed by atoms with Gasteiger partial charge >= 0.3 is 0 Å². The van der Waals surface area contributed by atoms with Crippen LogP contribution in [0.3, 0.4) is 0 Å². The maximum atomic E-state index is 13.2. The van der Waals surface area contributed by atoms with Crippen LogP contribution in [-0.2, 0) is 9.84 Å². The molecule has 0 aliphatic heterocycles. The minimum absolute atomic E-state index is 0.00447. The molecule has 0 amide bonds. The van der Waals surface area contributed by atoms with Gasteiger partial charge in [-0.25, -0.2) is 12.8 Å². The van der Waals surface area contributed by atoms with Crippen LogP contribution in [0.1, 0.15) is 5.56 Å². The molecule has 0 spiro atoms. The molecule has 0 saturated heterocycles. The minimum Gasteiger partial charge on any atom is -0.219 e. The fourth-order valence-electron chi connectivity index (χ4n) is 1.60. The maximum Gasteiger partial charge on any atom is 0.206 e. The second kappa shape index (κ2) is 4.82. The second-order valence-corrected chi connectivity index (χ2v) is 6.70. The fraction of sp³-hybridized carbons (Fsp3) is 0.0769. The molecule has 2 rings (SSSR count). The van der Waals surface area contributed by atoms with E-state index in [4.69, 9.17) is 0 Å². The van der Waals surface area contributed by atoms with E-state index >= 15 is 0 Å². The van der Waals surface area contributed by atoms with Crippen molar-refractivity contribution in [3.8, 4) is 0 Å². The number of benzene rings is 2. The van der Waals surface area contributed by atoms with Gasteiger partial charge in [-0.3, -0.25) is 0 Å². The minimum atomic E-state index is -3.67. The van der Waals surface area contributed by atoms with Gasteiger partial charge in [-0.15, -0.1) is 0 Å². The number of hydrogen-bond acceptors (Lipinski definition) is 2. The topological polar surface area (TPSA) is 34.1 Å². The largest absolute Gasteiger partial charge is 0.219 e. The van der Waals surface area contributed by atoms with Crippen LogP contribution in [0.2, 0.25) is 0 Å². The summed E-state index contributed by atoms with van der Waals surface area (Å²) in [6.07, 6.45) is 0. The summed E-state index contributed by atoms with van der Waals surface area (Å²) in [5, 5.41) is 0. The van der Waals surface area contributed by atoms with Crippen molar-refractivity contribution in [3.05, 3.63) is 58.3 Å². The van der Waals surface area contributed by atoms with Crippen molar-refractivity contribution in [2.24, 2.45) is 0 Å². The highest BCUT2D eigenvalue weighted by Crippen LogP contribution is 2.25. The zero-order valence-corrected chi connectivity index (χ0v) is 11.9. The molecular formula is C13H10BrFO2S. The Kier molecular flexibility index (Phi) is 3.54. The van der Waals surface area contributed by atoms with E-state index < -0.39 is 15.7 Å². The van der Waals surface area contributed by atoms with E-state index in [9.17, 15) is 12.8 Å². The first-order valence-corrected chi connectivity index (χ1v) is 7.46. The Hall–Kier alpha value is -1.20. The summed E-state index contributed by atoms with van der Waals surface area (Å²) in [4.78, 5) is 0.157. The van der Waals surface area contributed by atoms with Gasteiger partial charge in [0.25, 0.3) is 0 Å². The average molecular weight is 329 g/mol. The SMILES string of the molecule is Cc1ccc(F)cc1S(=O)(=O)c1ccc(Br)cc1. The van der Waals surface area contributed by atoms with Crippen LogP contribution >= 0.6 is 15.9 Å². The summed E-state index contributed by atoms with van der Waals surface area (Å²) in [6.45, 7) is 1.64. The Labute approximate surface area is 114 Å². The normalized spacial score (nSPS) is 11.5. The third-order valence-corrected chi connectivity index (χ3v) is 5.00. The predicted octanol–water partition coefficient (Wildman–Crippen LogP) is 3.73. The van der Waals surface area contributed by atoms with Crippen molar-refractivity contribution in [2.75, 3.05) is 0 Å². The van der Waals surface area contributed by atoms with Crippen molar-refractivity contribution in [1.29, 1.82) is 0 Å². The Balaban J connectivity index is 2.61. The average Bonchev–Trinajstić information content (AvgIpc) is 2.32. The molecule has 0 radical (unpaired) electrons. The lowest BCUT2D eigenvalue weighted by Crippen LogP contribution is -2.04. The molecule has 2 nitrogen and oxygen atoms in total. The Morgan fingerprint density at radius 1 is 1.06 bits per heavy atom. The molecule has 2 aromatic carbocycles. The molecule has 0 bridgehead atoms. The van der Waals surface area contributed by atoms with Crippen LogP contribution in [0.4, 0.5) is 4.39 Å². The van der Waals surface area contributed by atoms with Crippen molar-refractivity contribution in [3.63, 3.8) is 0 Å². The van der Waals surface area contributed by atoms with Crippen LogP contribution < -0.4 is 0 Å². The number of aryl methyl sites for hydroxylation is 1. The number of hydrogen-bond donors (Lipinski definition) is 0. The fourth-order valence-corrected chi connectivity index (χ4v) is 3.38. The summed E-state index contributed by atoms with van der Waals surface area (Å²) in [7, 11) is -3.67. The lowest BCUT2D eigenvalue weighted by molar-refractivity contribution is 0.590. The maximum absolute atomic E-state index is 13.2. The van der Waals surface area contributed by atoms with Crippen molar-refractivity contribution in [2.45, 2.75) is 16.7 Å². The van der Waals surface area contributed by atoms with Crippen LogP contribution in [0.25, 0.3) is 0 Å².